The van der Waals surface area contributed by atoms with Crippen molar-refractivity contribution < 1.29 is 0 Å². The maximum atomic E-state index is 4.52. The summed E-state index contributed by atoms with van der Waals surface area (Å²) in [5.41, 5.74) is 2.43. The van der Waals surface area contributed by atoms with Crippen LogP contribution < -0.4 is 5.32 Å². The first-order chi connectivity index (χ1) is 8.28. The van der Waals surface area contributed by atoms with E-state index in [-0.39, 0.29) is 0 Å². The molecule has 0 aliphatic rings. The number of rotatable bonds is 5. The van der Waals surface area contributed by atoms with Crippen molar-refractivity contribution in [3.8, 4) is 0 Å². The monoisotopic (exact) mass is 310 g/mol. The third kappa shape index (κ3) is 3.91. The minimum Gasteiger partial charge on any atom is -0.307 e. The Labute approximate surface area is 114 Å². The molecule has 0 unspecified atom stereocenters. The van der Waals surface area contributed by atoms with Crippen LogP contribution in [0.25, 0.3) is 0 Å². The highest BCUT2D eigenvalue weighted by Crippen LogP contribution is 2.11. The molecule has 0 saturated carbocycles. The molecule has 17 heavy (non-hydrogen) atoms. The number of hydrogen-bond donors (Lipinski definition) is 1. The molecule has 1 aromatic heterocycles. The van der Waals surface area contributed by atoms with Crippen LogP contribution in [-0.4, -0.2) is 4.98 Å². The maximum Gasteiger partial charge on any atom is 0.0926 e. The van der Waals surface area contributed by atoms with Gasteiger partial charge < -0.3 is 5.32 Å². The zero-order chi connectivity index (χ0) is 12.1. The number of aryl methyl sites for hydroxylation is 1. The highest BCUT2D eigenvalue weighted by atomic mass is 79.9. The van der Waals surface area contributed by atoms with E-state index in [0.29, 0.717) is 0 Å². The zero-order valence-electron chi connectivity index (χ0n) is 9.74. The van der Waals surface area contributed by atoms with Gasteiger partial charge in [-0.15, -0.1) is 11.3 Å². The first-order valence-electron chi connectivity index (χ1n) is 5.66. The van der Waals surface area contributed by atoms with E-state index in [1.807, 2.05) is 0 Å². The summed E-state index contributed by atoms with van der Waals surface area (Å²) in [4.78, 5) is 4.52. The fourth-order valence-corrected chi connectivity index (χ4v) is 2.54. The first kappa shape index (κ1) is 12.7. The SMILES string of the molecule is CCc1nc(CNCc2ccc(Br)cc2)cs1. The second kappa shape index (κ2) is 6.28. The van der Waals surface area contributed by atoms with Gasteiger partial charge in [-0.25, -0.2) is 4.98 Å². The van der Waals surface area contributed by atoms with Gasteiger partial charge >= 0.3 is 0 Å². The highest BCUT2D eigenvalue weighted by Gasteiger charge is 1.99. The number of benzene rings is 1. The van der Waals surface area contributed by atoms with Crippen LogP contribution in [0.1, 0.15) is 23.2 Å². The van der Waals surface area contributed by atoms with Crippen LogP contribution >= 0.6 is 27.3 Å². The predicted molar refractivity (Wildman–Crippen MR) is 76.2 cm³/mol. The van der Waals surface area contributed by atoms with E-state index in [4.69, 9.17) is 0 Å². The summed E-state index contributed by atoms with van der Waals surface area (Å²) in [6.07, 6.45) is 1.03. The van der Waals surface area contributed by atoms with Crippen LogP contribution in [0.15, 0.2) is 34.1 Å². The maximum absolute atomic E-state index is 4.52. The van der Waals surface area contributed by atoms with Crippen LogP contribution in [0.2, 0.25) is 0 Å². The topological polar surface area (TPSA) is 24.9 Å². The van der Waals surface area contributed by atoms with Crippen LogP contribution in [0, 0.1) is 0 Å². The lowest BCUT2D eigenvalue weighted by Gasteiger charge is -2.03. The van der Waals surface area contributed by atoms with Gasteiger partial charge in [-0.1, -0.05) is 35.0 Å². The van der Waals surface area contributed by atoms with E-state index < -0.39 is 0 Å². The number of nitrogens with one attached hydrogen (secondary N) is 1. The number of hydrogen-bond acceptors (Lipinski definition) is 3. The summed E-state index contributed by atoms with van der Waals surface area (Å²) in [6, 6.07) is 8.37. The molecule has 2 rings (SSSR count). The summed E-state index contributed by atoms with van der Waals surface area (Å²) in [6.45, 7) is 3.86. The fourth-order valence-electron chi connectivity index (χ4n) is 1.53. The Hall–Kier alpha value is -0.710. The van der Waals surface area contributed by atoms with Crippen molar-refractivity contribution in [2.75, 3.05) is 0 Å². The molecule has 2 nitrogen and oxygen atoms in total. The zero-order valence-corrected chi connectivity index (χ0v) is 12.1. The molecule has 1 heterocycles. The van der Waals surface area contributed by atoms with Crippen molar-refractivity contribution in [3.05, 3.63) is 50.4 Å². The van der Waals surface area contributed by atoms with E-state index in [1.54, 1.807) is 11.3 Å². The molecule has 0 fully saturated rings. The van der Waals surface area contributed by atoms with Gasteiger partial charge in [0, 0.05) is 22.9 Å². The van der Waals surface area contributed by atoms with E-state index in [9.17, 15) is 0 Å². The van der Waals surface area contributed by atoms with Crippen molar-refractivity contribution in [2.45, 2.75) is 26.4 Å². The summed E-state index contributed by atoms with van der Waals surface area (Å²) in [5.74, 6) is 0. The molecular weight excluding hydrogens is 296 g/mol. The van der Waals surface area contributed by atoms with Crippen molar-refractivity contribution >= 4 is 27.3 Å². The van der Waals surface area contributed by atoms with Gasteiger partial charge in [-0.3, -0.25) is 0 Å². The Morgan fingerprint density at radius 2 is 2.00 bits per heavy atom. The van der Waals surface area contributed by atoms with Crippen LogP contribution in [0.5, 0.6) is 0 Å². The van der Waals surface area contributed by atoms with Gasteiger partial charge in [0.25, 0.3) is 0 Å². The van der Waals surface area contributed by atoms with Gasteiger partial charge in [-0.2, -0.15) is 0 Å². The minimum absolute atomic E-state index is 0.840. The van der Waals surface area contributed by atoms with E-state index in [1.165, 1.54) is 10.6 Å². The molecule has 0 saturated heterocycles. The molecule has 0 aliphatic heterocycles. The molecule has 1 aromatic carbocycles. The van der Waals surface area contributed by atoms with E-state index >= 15 is 0 Å². The Morgan fingerprint density at radius 1 is 1.24 bits per heavy atom. The third-order valence-electron chi connectivity index (χ3n) is 2.45. The molecule has 1 N–H and O–H groups in total. The van der Waals surface area contributed by atoms with Crippen LogP contribution in [0.4, 0.5) is 0 Å². The number of halogens is 1. The quantitative estimate of drug-likeness (QED) is 0.909. The molecule has 2 aromatic rings. The highest BCUT2D eigenvalue weighted by molar-refractivity contribution is 9.10. The van der Waals surface area contributed by atoms with Gasteiger partial charge in [0.1, 0.15) is 0 Å². The largest absolute Gasteiger partial charge is 0.307 e. The average Bonchev–Trinajstić information content (AvgIpc) is 2.80. The third-order valence-corrected chi connectivity index (χ3v) is 4.02. The number of nitrogens with zero attached hydrogens (tertiary/aromatic N) is 1. The van der Waals surface area contributed by atoms with Crippen molar-refractivity contribution in [2.24, 2.45) is 0 Å². The average molecular weight is 311 g/mol. The Morgan fingerprint density at radius 3 is 2.65 bits per heavy atom. The molecule has 0 bridgehead atoms. The van der Waals surface area contributed by atoms with Crippen LogP contribution in [0.3, 0.4) is 0 Å². The van der Waals surface area contributed by atoms with Gasteiger partial charge in [-0.05, 0) is 24.1 Å². The summed E-state index contributed by atoms with van der Waals surface area (Å²) in [7, 11) is 0. The van der Waals surface area contributed by atoms with Gasteiger partial charge in [0.05, 0.1) is 10.7 Å². The molecular formula is C13H15BrN2S. The fraction of sp³-hybridized carbons (Fsp3) is 0.308. The minimum atomic E-state index is 0.840. The lowest BCUT2D eigenvalue weighted by Crippen LogP contribution is -2.12. The molecule has 4 heteroatoms. The van der Waals surface area contributed by atoms with Crippen molar-refractivity contribution in [1.82, 2.24) is 10.3 Å². The lowest BCUT2D eigenvalue weighted by atomic mass is 10.2. The molecule has 0 amide bonds. The second-order valence-electron chi connectivity index (χ2n) is 3.82. The standard InChI is InChI=1S/C13H15BrN2S/c1-2-13-16-12(9-17-13)8-15-7-10-3-5-11(14)6-4-10/h3-6,9,15H,2,7-8H2,1H3. The molecule has 0 spiro atoms. The normalized spacial score (nSPS) is 10.7. The first-order valence-corrected chi connectivity index (χ1v) is 7.33. The summed E-state index contributed by atoms with van der Waals surface area (Å²) in [5, 5.41) is 6.75. The Kier molecular flexibility index (Phi) is 4.71. The van der Waals surface area contributed by atoms with E-state index in [2.05, 4.69) is 62.8 Å². The Balaban J connectivity index is 1.81. The van der Waals surface area contributed by atoms with Crippen molar-refractivity contribution in [3.63, 3.8) is 0 Å². The molecule has 0 atom stereocenters. The number of thiazole rings is 1. The lowest BCUT2D eigenvalue weighted by molar-refractivity contribution is 0.681. The molecule has 0 radical (unpaired) electrons. The molecule has 0 aliphatic carbocycles. The van der Waals surface area contributed by atoms with Crippen LogP contribution in [-0.2, 0) is 19.5 Å². The summed E-state index contributed by atoms with van der Waals surface area (Å²) < 4.78 is 1.12. The van der Waals surface area contributed by atoms with E-state index in [0.717, 1.165) is 29.7 Å². The summed E-state index contributed by atoms with van der Waals surface area (Å²) >= 11 is 5.17. The van der Waals surface area contributed by atoms with Gasteiger partial charge in [0.15, 0.2) is 0 Å². The molecule has 90 valence electrons. The number of aromatic nitrogens is 1. The predicted octanol–water partition coefficient (Wildman–Crippen LogP) is 3.76. The Bertz CT molecular complexity index is 465. The smallest absolute Gasteiger partial charge is 0.0926 e. The second-order valence-corrected chi connectivity index (χ2v) is 5.67. The van der Waals surface area contributed by atoms with Crippen molar-refractivity contribution in [1.29, 1.82) is 0 Å². The van der Waals surface area contributed by atoms with Gasteiger partial charge in [0.2, 0.25) is 0 Å².